The molecule has 0 saturated heterocycles. The molecule has 112 valence electrons. The molecule has 0 saturated carbocycles. The molecule has 0 fully saturated rings. The number of amides is 1. The molecule has 0 radical (unpaired) electrons. The topological polar surface area (TPSA) is 74.4 Å². The van der Waals surface area contributed by atoms with Crippen LogP contribution < -0.4 is 5.32 Å². The van der Waals surface area contributed by atoms with Gasteiger partial charge in [0.15, 0.2) is 0 Å². The molecule has 0 aromatic carbocycles. The molecule has 1 rings (SSSR count). The number of hydrogen-bond donors (Lipinski definition) is 2. The molecule has 6 nitrogen and oxygen atoms in total. The van der Waals surface area contributed by atoms with Crippen LogP contribution in [0.3, 0.4) is 0 Å². The van der Waals surface area contributed by atoms with Crippen molar-refractivity contribution in [3.05, 3.63) is 23.5 Å². The first-order chi connectivity index (χ1) is 9.53. The summed E-state index contributed by atoms with van der Waals surface area (Å²) >= 11 is 0. The van der Waals surface area contributed by atoms with E-state index in [-0.39, 0.29) is 11.9 Å². The van der Waals surface area contributed by atoms with E-state index >= 15 is 0 Å². The number of carbonyl (C=O) groups excluding carboxylic acids is 2. The minimum atomic E-state index is -0.400. The average molecular weight is 281 g/mol. The van der Waals surface area contributed by atoms with Crippen LogP contribution in [0.1, 0.15) is 37.0 Å². The van der Waals surface area contributed by atoms with Gasteiger partial charge in [-0.3, -0.25) is 4.79 Å². The molecule has 6 heteroatoms. The predicted octanol–water partition coefficient (Wildman–Crippen LogP) is 1.15. The Morgan fingerprint density at radius 1 is 1.35 bits per heavy atom. The Hall–Kier alpha value is -1.82. The molecule has 1 atom stereocenters. The lowest BCUT2D eigenvalue weighted by atomic mass is 10.2. The van der Waals surface area contributed by atoms with E-state index in [4.69, 9.17) is 0 Å². The number of nitrogens with one attached hydrogen (secondary N) is 2. The number of ether oxygens (including phenoxy) is 1. The normalized spacial score (nSPS) is 12.0. The molecule has 0 aliphatic rings. The van der Waals surface area contributed by atoms with Crippen molar-refractivity contribution in [2.45, 2.75) is 33.4 Å². The van der Waals surface area contributed by atoms with Gasteiger partial charge >= 0.3 is 5.97 Å². The summed E-state index contributed by atoms with van der Waals surface area (Å²) in [6, 6.07) is 3.20. The Morgan fingerprint density at radius 3 is 2.55 bits per heavy atom. The maximum absolute atomic E-state index is 12.1. The Balaban J connectivity index is 2.52. The van der Waals surface area contributed by atoms with Crippen LogP contribution >= 0.6 is 0 Å². The average Bonchev–Trinajstić information content (AvgIpc) is 2.93. The number of H-pyrrole nitrogens is 1. The lowest BCUT2D eigenvalue weighted by molar-refractivity contribution is -0.132. The maximum atomic E-state index is 12.1. The number of methoxy groups -OCH3 is 1. The molecule has 1 heterocycles. The monoisotopic (exact) mass is 281 g/mol. The molecule has 1 amide bonds. The van der Waals surface area contributed by atoms with Crippen LogP contribution in [-0.4, -0.2) is 48.0 Å². The van der Waals surface area contributed by atoms with Gasteiger partial charge in [-0.15, -0.1) is 0 Å². The highest BCUT2D eigenvalue weighted by molar-refractivity contribution is 5.87. The Labute approximate surface area is 119 Å². The first-order valence-corrected chi connectivity index (χ1v) is 6.81. The van der Waals surface area contributed by atoms with Gasteiger partial charge in [0.1, 0.15) is 5.69 Å². The zero-order chi connectivity index (χ0) is 15.1. The van der Waals surface area contributed by atoms with E-state index in [1.807, 2.05) is 20.8 Å². The summed E-state index contributed by atoms with van der Waals surface area (Å²) in [4.78, 5) is 28.1. The molecule has 0 aliphatic heterocycles. The van der Waals surface area contributed by atoms with E-state index in [0.717, 1.165) is 5.69 Å². The van der Waals surface area contributed by atoms with Gasteiger partial charge < -0.3 is 19.9 Å². The summed E-state index contributed by atoms with van der Waals surface area (Å²) in [5.74, 6) is -0.321. The number of aromatic amines is 1. The van der Waals surface area contributed by atoms with E-state index in [0.29, 0.717) is 25.3 Å². The van der Waals surface area contributed by atoms with Crippen LogP contribution in [0.2, 0.25) is 0 Å². The van der Waals surface area contributed by atoms with Gasteiger partial charge in [0.25, 0.3) is 0 Å². The molecular weight excluding hydrogens is 258 g/mol. The number of likely N-dealkylation sites (N-methyl/N-ethyl adjacent to an activating group) is 1. The molecule has 1 aromatic heterocycles. The highest BCUT2D eigenvalue weighted by atomic mass is 16.5. The minimum Gasteiger partial charge on any atom is -0.464 e. The first-order valence-electron chi connectivity index (χ1n) is 6.81. The van der Waals surface area contributed by atoms with E-state index < -0.39 is 5.97 Å². The van der Waals surface area contributed by atoms with Crippen molar-refractivity contribution in [1.82, 2.24) is 15.2 Å². The Bertz CT molecular complexity index is 452. The highest BCUT2D eigenvalue weighted by Gasteiger charge is 2.17. The fraction of sp³-hybridized carbons (Fsp3) is 0.571. The molecule has 0 spiro atoms. The van der Waals surface area contributed by atoms with Gasteiger partial charge in [0, 0.05) is 25.3 Å². The summed E-state index contributed by atoms with van der Waals surface area (Å²) in [7, 11) is 1.34. The van der Waals surface area contributed by atoms with Crippen LogP contribution in [0.15, 0.2) is 12.1 Å². The van der Waals surface area contributed by atoms with Gasteiger partial charge in [-0.25, -0.2) is 4.79 Å². The van der Waals surface area contributed by atoms with Crippen LogP contribution in [0.25, 0.3) is 0 Å². The van der Waals surface area contributed by atoms with Crippen molar-refractivity contribution in [3.8, 4) is 0 Å². The fourth-order valence-electron chi connectivity index (χ4n) is 1.93. The minimum absolute atomic E-state index is 0.0785. The SMILES string of the molecule is CCN(CC)C(=O)C(C)NCc1ccc(C(=O)OC)[nH]1. The molecule has 1 unspecified atom stereocenters. The molecule has 20 heavy (non-hydrogen) atoms. The largest absolute Gasteiger partial charge is 0.464 e. The van der Waals surface area contributed by atoms with Crippen LogP contribution in [0.4, 0.5) is 0 Å². The number of aromatic nitrogens is 1. The number of rotatable bonds is 7. The zero-order valence-electron chi connectivity index (χ0n) is 12.5. The van der Waals surface area contributed by atoms with Crippen molar-refractivity contribution in [1.29, 1.82) is 0 Å². The van der Waals surface area contributed by atoms with Crippen molar-refractivity contribution in [2.75, 3.05) is 20.2 Å². The van der Waals surface area contributed by atoms with Crippen LogP contribution in [-0.2, 0) is 16.1 Å². The second-order valence-corrected chi connectivity index (χ2v) is 4.50. The second kappa shape index (κ2) is 7.69. The summed E-state index contributed by atoms with van der Waals surface area (Å²) in [5, 5.41) is 3.14. The zero-order valence-corrected chi connectivity index (χ0v) is 12.5. The van der Waals surface area contributed by atoms with Crippen molar-refractivity contribution in [3.63, 3.8) is 0 Å². The number of hydrogen-bond acceptors (Lipinski definition) is 4. The number of esters is 1. The highest BCUT2D eigenvalue weighted by Crippen LogP contribution is 2.04. The van der Waals surface area contributed by atoms with Gasteiger partial charge in [-0.1, -0.05) is 0 Å². The molecule has 2 N–H and O–H groups in total. The summed E-state index contributed by atoms with van der Waals surface area (Å²) < 4.78 is 4.62. The maximum Gasteiger partial charge on any atom is 0.354 e. The lowest BCUT2D eigenvalue weighted by Gasteiger charge is -2.23. The Kier molecular flexibility index (Phi) is 6.24. The van der Waals surface area contributed by atoms with E-state index in [9.17, 15) is 9.59 Å². The summed E-state index contributed by atoms with van der Waals surface area (Å²) in [6.07, 6.45) is 0. The molecule has 1 aromatic rings. The van der Waals surface area contributed by atoms with E-state index in [1.54, 1.807) is 17.0 Å². The Morgan fingerprint density at radius 2 is 2.00 bits per heavy atom. The third-order valence-corrected chi connectivity index (χ3v) is 3.20. The first kappa shape index (κ1) is 16.2. The quantitative estimate of drug-likeness (QED) is 0.735. The van der Waals surface area contributed by atoms with Crippen molar-refractivity contribution >= 4 is 11.9 Å². The molecule has 0 bridgehead atoms. The van der Waals surface area contributed by atoms with Crippen LogP contribution in [0.5, 0.6) is 0 Å². The van der Waals surface area contributed by atoms with Crippen molar-refractivity contribution < 1.29 is 14.3 Å². The van der Waals surface area contributed by atoms with Crippen molar-refractivity contribution in [2.24, 2.45) is 0 Å². The molecular formula is C14H23N3O3. The molecule has 0 aliphatic carbocycles. The fourth-order valence-corrected chi connectivity index (χ4v) is 1.93. The third-order valence-electron chi connectivity index (χ3n) is 3.20. The van der Waals surface area contributed by atoms with Gasteiger partial charge in [-0.2, -0.15) is 0 Å². The number of nitrogens with zero attached hydrogens (tertiary/aromatic N) is 1. The van der Waals surface area contributed by atoms with Crippen LogP contribution in [0, 0.1) is 0 Å². The summed E-state index contributed by atoms with van der Waals surface area (Å²) in [5.41, 5.74) is 1.25. The number of carbonyl (C=O) groups is 2. The van der Waals surface area contributed by atoms with Gasteiger partial charge in [-0.05, 0) is 32.9 Å². The standard InChI is InChI=1S/C14H23N3O3/c1-5-17(6-2)13(18)10(3)15-9-11-7-8-12(16-11)14(19)20-4/h7-8,10,15-16H,5-6,9H2,1-4H3. The third kappa shape index (κ3) is 4.09. The summed E-state index contributed by atoms with van der Waals surface area (Å²) in [6.45, 7) is 7.66. The van der Waals surface area contributed by atoms with E-state index in [2.05, 4.69) is 15.0 Å². The van der Waals surface area contributed by atoms with Gasteiger partial charge in [0.2, 0.25) is 5.91 Å². The van der Waals surface area contributed by atoms with Gasteiger partial charge in [0.05, 0.1) is 13.2 Å². The smallest absolute Gasteiger partial charge is 0.354 e. The van der Waals surface area contributed by atoms with E-state index in [1.165, 1.54) is 7.11 Å². The second-order valence-electron chi connectivity index (χ2n) is 4.50. The predicted molar refractivity (Wildman–Crippen MR) is 76.4 cm³/mol. The lowest BCUT2D eigenvalue weighted by Crippen LogP contribution is -2.44.